The van der Waals surface area contributed by atoms with Crippen LogP contribution in [0.3, 0.4) is 0 Å². The molecule has 1 aromatic carbocycles. The molecule has 1 aromatic rings. The number of hydrogen-bond acceptors (Lipinski definition) is 2. The van der Waals surface area contributed by atoms with E-state index in [9.17, 15) is 8.42 Å². The van der Waals surface area contributed by atoms with Crippen molar-refractivity contribution in [1.29, 1.82) is 0 Å². The Bertz CT molecular complexity index is 507. The van der Waals surface area contributed by atoms with Crippen LogP contribution in [0, 0.1) is 5.41 Å². The molecule has 19 heavy (non-hydrogen) atoms. The van der Waals surface area contributed by atoms with Crippen LogP contribution in [0.1, 0.15) is 26.7 Å². The smallest absolute Gasteiger partial charge is 0.211 e. The van der Waals surface area contributed by atoms with Gasteiger partial charge in [0.15, 0.2) is 0 Å². The van der Waals surface area contributed by atoms with Crippen molar-refractivity contribution in [2.45, 2.75) is 31.6 Å². The lowest BCUT2D eigenvalue weighted by Crippen LogP contribution is -2.38. The van der Waals surface area contributed by atoms with Crippen LogP contribution in [0.2, 0.25) is 0 Å². The number of alkyl halides is 1. The van der Waals surface area contributed by atoms with Crippen molar-refractivity contribution in [1.82, 2.24) is 4.72 Å². The molecule has 0 aliphatic heterocycles. The largest absolute Gasteiger partial charge is 0.240 e. The molecule has 1 N–H and O–H groups in total. The minimum Gasteiger partial charge on any atom is -0.211 e. The van der Waals surface area contributed by atoms with Crippen molar-refractivity contribution >= 4 is 37.6 Å². The predicted molar refractivity (Wildman–Crippen MR) is 83.1 cm³/mol. The number of hydrogen-bond donors (Lipinski definition) is 1. The zero-order valence-corrected chi connectivity index (χ0v) is 14.3. The van der Waals surface area contributed by atoms with Crippen LogP contribution in [0.5, 0.6) is 0 Å². The van der Waals surface area contributed by atoms with Gasteiger partial charge in [0.25, 0.3) is 0 Å². The maximum atomic E-state index is 12.2. The van der Waals surface area contributed by atoms with E-state index in [2.05, 4.69) is 20.7 Å². The Morgan fingerprint density at radius 3 is 2.42 bits per heavy atom. The molecule has 6 heteroatoms. The van der Waals surface area contributed by atoms with Gasteiger partial charge in [-0.3, -0.25) is 0 Å². The molecule has 1 rings (SSSR count). The molecule has 3 nitrogen and oxygen atoms in total. The Labute approximate surface area is 128 Å². The quantitative estimate of drug-likeness (QED) is 0.745. The normalized spacial score (nSPS) is 12.6. The van der Waals surface area contributed by atoms with Crippen LogP contribution in [0.4, 0.5) is 0 Å². The summed E-state index contributed by atoms with van der Waals surface area (Å²) in [4.78, 5) is 0.262. The summed E-state index contributed by atoms with van der Waals surface area (Å²) in [6.07, 6.45) is 1.68. The Balaban J connectivity index is 2.87. The number of halogens is 2. The second-order valence-corrected chi connectivity index (χ2v) is 7.57. The number of rotatable bonds is 7. The third kappa shape index (κ3) is 4.45. The van der Waals surface area contributed by atoms with Crippen LogP contribution < -0.4 is 4.72 Å². The molecule has 0 radical (unpaired) electrons. The van der Waals surface area contributed by atoms with Crippen molar-refractivity contribution < 1.29 is 8.42 Å². The van der Waals surface area contributed by atoms with Crippen LogP contribution in [-0.2, 0) is 10.0 Å². The van der Waals surface area contributed by atoms with Gasteiger partial charge < -0.3 is 0 Å². The van der Waals surface area contributed by atoms with Crippen molar-refractivity contribution in [2.75, 3.05) is 12.4 Å². The van der Waals surface area contributed by atoms with E-state index in [0.29, 0.717) is 12.4 Å². The fraction of sp³-hybridized carbons (Fsp3) is 0.538. The van der Waals surface area contributed by atoms with E-state index >= 15 is 0 Å². The second kappa shape index (κ2) is 7.07. The number of sulfonamides is 1. The fourth-order valence-corrected chi connectivity index (χ4v) is 3.93. The summed E-state index contributed by atoms with van der Waals surface area (Å²) in [5, 5.41) is 0. The van der Waals surface area contributed by atoms with Crippen LogP contribution in [-0.4, -0.2) is 20.8 Å². The Morgan fingerprint density at radius 1 is 1.32 bits per heavy atom. The monoisotopic (exact) mass is 367 g/mol. The number of nitrogens with one attached hydrogen (secondary N) is 1. The lowest BCUT2D eigenvalue weighted by Gasteiger charge is -2.29. The highest BCUT2D eigenvalue weighted by atomic mass is 79.9. The molecule has 0 spiro atoms. The predicted octanol–water partition coefficient (Wildman–Crippen LogP) is 3.77. The van der Waals surface area contributed by atoms with E-state index in [4.69, 9.17) is 11.6 Å². The topological polar surface area (TPSA) is 46.2 Å². The van der Waals surface area contributed by atoms with Crippen molar-refractivity contribution in [2.24, 2.45) is 5.41 Å². The lowest BCUT2D eigenvalue weighted by molar-refractivity contribution is 0.304. The third-order valence-electron chi connectivity index (χ3n) is 3.53. The van der Waals surface area contributed by atoms with Gasteiger partial charge in [0.05, 0.1) is 4.90 Å². The van der Waals surface area contributed by atoms with Gasteiger partial charge in [-0.05, 0) is 36.5 Å². The summed E-state index contributed by atoms with van der Waals surface area (Å²) in [5.74, 6) is 0.445. The van der Waals surface area contributed by atoms with E-state index in [-0.39, 0.29) is 10.3 Å². The molecule has 0 bridgehead atoms. The molecule has 0 aliphatic rings. The molecule has 0 aromatic heterocycles. The molecule has 0 amide bonds. The highest BCUT2D eigenvalue weighted by molar-refractivity contribution is 9.10. The molecular weight excluding hydrogens is 350 g/mol. The molecule has 0 heterocycles. The Morgan fingerprint density at radius 2 is 1.95 bits per heavy atom. The number of benzene rings is 1. The average Bonchev–Trinajstić information content (AvgIpc) is 2.41. The molecule has 0 aliphatic carbocycles. The van der Waals surface area contributed by atoms with Crippen LogP contribution in [0.15, 0.2) is 33.6 Å². The summed E-state index contributed by atoms with van der Waals surface area (Å²) < 4.78 is 27.8. The molecule has 108 valence electrons. The van der Waals surface area contributed by atoms with Crippen molar-refractivity contribution in [3.63, 3.8) is 0 Å². The summed E-state index contributed by atoms with van der Waals surface area (Å²) in [6, 6.07) is 6.66. The van der Waals surface area contributed by atoms with E-state index in [1.54, 1.807) is 24.3 Å². The molecule has 0 saturated heterocycles. The molecule has 0 unspecified atom stereocenters. The first-order chi connectivity index (χ1) is 8.89. The first-order valence-electron chi connectivity index (χ1n) is 6.20. The Kier molecular flexibility index (Phi) is 6.30. The minimum absolute atomic E-state index is 0.180. The summed E-state index contributed by atoms with van der Waals surface area (Å²) in [7, 11) is -3.48. The fourth-order valence-electron chi connectivity index (χ4n) is 1.70. The molecule has 0 saturated carbocycles. The zero-order chi connectivity index (χ0) is 14.5. The maximum absolute atomic E-state index is 12.2. The highest BCUT2D eigenvalue weighted by Crippen LogP contribution is 2.27. The van der Waals surface area contributed by atoms with E-state index in [1.807, 2.05) is 13.8 Å². The van der Waals surface area contributed by atoms with Gasteiger partial charge in [-0.25, -0.2) is 13.1 Å². The summed E-state index contributed by atoms with van der Waals surface area (Å²) in [5.41, 5.74) is -0.180. The van der Waals surface area contributed by atoms with Gasteiger partial charge in [0.2, 0.25) is 10.0 Å². The molecule has 0 fully saturated rings. The zero-order valence-electron chi connectivity index (χ0n) is 11.1. The van der Waals surface area contributed by atoms with Gasteiger partial charge in [-0.15, -0.1) is 11.6 Å². The van der Waals surface area contributed by atoms with Crippen molar-refractivity contribution in [3.8, 4) is 0 Å². The van der Waals surface area contributed by atoms with Gasteiger partial charge in [0, 0.05) is 16.9 Å². The van der Waals surface area contributed by atoms with E-state index in [0.717, 1.165) is 17.3 Å². The first-order valence-corrected chi connectivity index (χ1v) is 9.01. The SMILES string of the molecule is CCC(CC)(CCl)CNS(=O)(=O)c1cccc(Br)c1. The maximum Gasteiger partial charge on any atom is 0.240 e. The minimum atomic E-state index is -3.48. The molecule has 0 atom stereocenters. The van der Waals surface area contributed by atoms with Crippen LogP contribution in [0.25, 0.3) is 0 Å². The molecular formula is C13H19BrClNO2S. The first kappa shape index (κ1) is 17.0. The van der Waals surface area contributed by atoms with Gasteiger partial charge in [0.1, 0.15) is 0 Å². The average molecular weight is 369 g/mol. The standard InChI is InChI=1S/C13H19BrClNO2S/c1-3-13(4-2,9-15)10-16-19(17,18)12-7-5-6-11(14)8-12/h5-8,16H,3-4,9-10H2,1-2H3. The van der Waals surface area contributed by atoms with E-state index in [1.165, 1.54) is 0 Å². The van der Waals surface area contributed by atoms with Crippen molar-refractivity contribution in [3.05, 3.63) is 28.7 Å². The second-order valence-electron chi connectivity index (χ2n) is 4.62. The van der Waals surface area contributed by atoms with Gasteiger partial charge in [-0.2, -0.15) is 0 Å². The van der Waals surface area contributed by atoms with Gasteiger partial charge in [-0.1, -0.05) is 35.8 Å². The highest BCUT2D eigenvalue weighted by Gasteiger charge is 2.27. The third-order valence-corrected chi connectivity index (χ3v) is 5.99. The van der Waals surface area contributed by atoms with Crippen LogP contribution >= 0.6 is 27.5 Å². The van der Waals surface area contributed by atoms with Gasteiger partial charge >= 0.3 is 0 Å². The summed E-state index contributed by atoms with van der Waals surface area (Å²) >= 11 is 9.26. The summed E-state index contributed by atoms with van der Waals surface area (Å²) in [6.45, 7) is 4.41. The lowest BCUT2D eigenvalue weighted by atomic mass is 9.85. The van der Waals surface area contributed by atoms with E-state index < -0.39 is 10.0 Å². The Hall–Kier alpha value is -0.100.